The Bertz CT molecular complexity index is 907. The Hall–Kier alpha value is -2.74. The third-order valence-corrected chi connectivity index (χ3v) is 6.12. The van der Waals surface area contributed by atoms with Gasteiger partial charge < -0.3 is 5.32 Å². The van der Waals surface area contributed by atoms with Crippen LogP contribution in [0.15, 0.2) is 24.3 Å². The summed E-state index contributed by atoms with van der Waals surface area (Å²) in [5.74, 6) is -0.0608. The van der Waals surface area contributed by atoms with Gasteiger partial charge in [-0.25, -0.2) is 0 Å². The van der Waals surface area contributed by atoms with Gasteiger partial charge in [0.25, 0.3) is 5.91 Å². The van der Waals surface area contributed by atoms with Crippen molar-refractivity contribution >= 4 is 11.6 Å². The third kappa shape index (κ3) is 5.70. The number of unbranched alkanes of at least 4 members (excludes halogenated alkanes) is 1. The summed E-state index contributed by atoms with van der Waals surface area (Å²) in [7, 11) is 0. The van der Waals surface area contributed by atoms with E-state index < -0.39 is 4.92 Å². The van der Waals surface area contributed by atoms with E-state index in [4.69, 9.17) is 0 Å². The van der Waals surface area contributed by atoms with E-state index in [0.29, 0.717) is 36.1 Å². The van der Waals surface area contributed by atoms with Crippen molar-refractivity contribution in [1.82, 2.24) is 20.0 Å². The first-order chi connectivity index (χ1) is 14.9. The summed E-state index contributed by atoms with van der Waals surface area (Å²) in [6.45, 7) is 8.90. The minimum absolute atomic E-state index is 0.0608. The van der Waals surface area contributed by atoms with Crippen LogP contribution in [0.1, 0.15) is 66.3 Å². The summed E-state index contributed by atoms with van der Waals surface area (Å²) in [4.78, 5) is 25.9. The number of nitrogens with zero attached hydrogens (tertiary/aromatic N) is 4. The van der Waals surface area contributed by atoms with Crippen LogP contribution in [0.25, 0.3) is 0 Å². The fourth-order valence-corrected chi connectivity index (χ4v) is 4.30. The molecule has 0 aliphatic carbocycles. The van der Waals surface area contributed by atoms with Gasteiger partial charge in [-0.1, -0.05) is 31.9 Å². The van der Waals surface area contributed by atoms with Crippen molar-refractivity contribution in [2.75, 3.05) is 19.6 Å². The molecule has 1 unspecified atom stereocenters. The van der Waals surface area contributed by atoms with Gasteiger partial charge >= 0.3 is 5.69 Å². The topological polar surface area (TPSA) is 93.3 Å². The zero-order valence-electron chi connectivity index (χ0n) is 18.8. The molecule has 1 aliphatic heterocycles. The molecule has 1 saturated heterocycles. The Morgan fingerprint density at radius 3 is 2.65 bits per heavy atom. The number of benzene rings is 1. The highest BCUT2D eigenvalue weighted by molar-refractivity contribution is 5.94. The molecule has 1 aromatic carbocycles. The van der Waals surface area contributed by atoms with Gasteiger partial charge in [-0.15, -0.1) is 0 Å². The Morgan fingerprint density at radius 2 is 2.00 bits per heavy atom. The molecule has 0 saturated carbocycles. The van der Waals surface area contributed by atoms with Crippen molar-refractivity contribution in [3.63, 3.8) is 0 Å². The molecule has 1 aromatic heterocycles. The second-order valence-electron chi connectivity index (χ2n) is 8.38. The predicted octanol–water partition coefficient (Wildman–Crippen LogP) is 3.84. The largest absolute Gasteiger partial charge is 0.350 e. The fraction of sp³-hybridized carbons (Fsp3) is 0.565. The first-order valence-corrected chi connectivity index (χ1v) is 11.2. The second-order valence-corrected chi connectivity index (χ2v) is 8.38. The van der Waals surface area contributed by atoms with Gasteiger partial charge in [-0.05, 0) is 63.9 Å². The first kappa shape index (κ1) is 22.9. The molecule has 3 rings (SSSR count). The van der Waals surface area contributed by atoms with Gasteiger partial charge in [0.1, 0.15) is 11.4 Å². The normalized spacial score (nSPS) is 16.9. The highest BCUT2D eigenvalue weighted by Gasteiger charge is 2.23. The molecule has 2 aromatic rings. The molecule has 0 bridgehead atoms. The lowest BCUT2D eigenvalue weighted by Gasteiger charge is -2.35. The number of amides is 1. The highest BCUT2D eigenvalue weighted by atomic mass is 16.6. The summed E-state index contributed by atoms with van der Waals surface area (Å²) in [6.07, 6.45) is 5.99. The number of nitrogens with one attached hydrogen (secondary N) is 1. The van der Waals surface area contributed by atoms with Gasteiger partial charge in [-0.3, -0.25) is 24.5 Å². The SMILES string of the molecule is CCCCN1CCCCC1CNC(=O)c1ccc(Cn2nc(C)c([N+](=O)[O-])c2C)cc1. The molecule has 2 heterocycles. The Balaban J connectivity index is 1.58. The fourth-order valence-electron chi connectivity index (χ4n) is 4.30. The number of aromatic nitrogens is 2. The van der Waals surface area contributed by atoms with E-state index in [1.165, 1.54) is 25.7 Å². The lowest BCUT2D eigenvalue weighted by molar-refractivity contribution is -0.386. The maximum atomic E-state index is 12.6. The monoisotopic (exact) mass is 427 g/mol. The van der Waals surface area contributed by atoms with E-state index in [1.54, 1.807) is 30.7 Å². The standard InChI is InChI=1S/C23H33N5O3/c1-4-5-13-26-14-7-6-8-21(26)15-24-23(29)20-11-9-19(10-12-20)16-27-18(3)22(28(30)31)17(2)25-27/h9-12,21H,4-8,13-16H2,1-3H3,(H,24,29). The van der Waals surface area contributed by atoms with Crippen molar-refractivity contribution in [2.24, 2.45) is 0 Å². The molecule has 8 heteroatoms. The number of nitro groups is 1. The van der Waals surface area contributed by atoms with Gasteiger partial charge in [0.15, 0.2) is 0 Å². The number of hydrogen-bond donors (Lipinski definition) is 1. The second kappa shape index (κ2) is 10.5. The number of carbonyl (C=O) groups is 1. The quantitative estimate of drug-likeness (QED) is 0.485. The zero-order valence-corrected chi connectivity index (χ0v) is 18.8. The molecule has 0 spiro atoms. The molecule has 1 amide bonds. The first-order valence-electron chi connectivity index (χ1n) is 11.2. The average molecular weight is 428 g/mol. The van der Waals surface area contributed by atoms with Crippen LogP contribution in [0, 0.1) is 24.0 Å². The summed E-state index contributed by atoms with van der Waals surface area (Å²) < 4.78 is 1.64. The van der Waals surface area contributed by atoms with Crippen LogP contribution in [-0.2, 0) is 6.54 Å². The minimum Gasteiger partial charge on any atom is -0.350 e. The maximum Gasteiger partial charge on any atom is 0.312 e. The van der Waals surface area contributed by atoms with Crippen LogP contribution >= 0.6 is 0 Å². The van der Waals surface area contributed by atoms with Gasteiger partial charge in [0.05, 0.1) is 11.5 Å². The molecule has 31 heavy (non-hydrogen) atoms. The molecule has 1 atom stereocenters. The van der Waals surface area contributed by atoms with Gasteiger partial charge in [0, 0.05) is 18.2 Å². The number of carbonyl (C=O) groups excluding carboxylic acids is 1. The van der Waals surface area contributed by atoms with E-state index in [9.17, 15) is 14.9 Å². The van der Waals surface area contributed by atoms with Crippen molar-refractivity contribution in [2.45, 2.75) is 65.5 Å². The van der Waals surface area contributed by atoms with Crippen molar-refractivity contribution in [3.8, 4) is 0 Å². The highest BCUT2D eigenvalue weighted by Crippen LogP contribution is 2.22. The van der Waals surface area contributed by atoms with Crippen LogP contribution in [0.2, 0.25) is 0 Å². The number of piperidine rings is 1. The van der Waals surface area contributed by atoms with E-state index in [1.807, 2.05) is 12.1 Å². The lowest BCUT2D eigenvalue weighted by Crippen LogP contribution is -2.47. The smallest absolute Gasteiger partial charge is 0.312 e. The van der Waals surface area contributed by atoms with E-state index in [2.05, 4.69) is 22.2 Å². The molecule has 8 nitrogen and oxygen atoms in total. The third-order valence-electron chi connectivity index (χ3n) is 6.12. The Labute approximate surface area is 183 Å². The molecular formula is C23H33N5O3. The number of rotatable bonds is 9. The van der Waals surface area contributed by atoms with Crippen molar-refractivity contribution < 1.29 is 9.72 Å². The predicted molar refractivity (Wildman–Crippen MR) is 120 cm³/mol. The van der Waals surface area contributed by atoms with Crippen molar-refractivity contribution in [3.05, 3.63) is 56.9 Å². The van der Waals surface area contributed by atoms with Crippen LogP contribution < -0.4 is 5.32 Å². The van der Waals surface area contributed by atoms with Crippen LogP contribution in [0.5, 0.6) is 0 Å². The van der Waals surface area contributed by atoms with Crippen LogP contribution in [-0.4, -0.2) is 51.2 Å². The Morgan fingerprint density at radius 1 is 1.26 bits per heavy atom. The number of hydrogen-bond acceptors (Lipinski definition) is 5. The van der Waals surface area contributed by atoms with E-state index in [0.717, 1.165) is 25.1 Å². The van der Waals surface area contributed by atoms with Crippen LogP contribution in [0.4, 0.5) is 5.69 Å². The lowest BCUT2D eigenvalue weighted by atomic mass is 10.0. The molecule has 0 radical (unpaired) electrons. The van der Waals surface area contributed by atoms with Gasteiger partial charge in [0.2, 0.25) is 0 Å². The van der Waals surface area contributed by atoms with Crippen molar-refractivity contribution in [1.29, 1.82) is 0 Å². The average Bonchev–Trinajstić information content (AvgIpc) is 3.04. The summed E-state index contributed by atoms with van der Waals surface area (Å²) >= 11 is 0. The Kier molecular flexibility index (Phi) is 7.79. The zero-order chi connectivity index (χ0) is 22.4. The van der Waals surface area contributed by atoms with E-state index in [-0.39, 0.29) is 11.6 Å². The van der Waals surface area contributed by atoms with E-state index >= 15 is 0 Å². The molecule has 168 valence electrons. The molecule has 1 aliphatic rings. The summed E-state index contributed by atoms with van der Waals surface area (Å²) in [5, 5.41) is 18.6. The van der Waals surface area contributed by atoms with Gasteiger partial charge in [-0.2, -0.15) is 5.10 Å². The molecule has 1 N–H and O–H groups in total. The van der Waals surface area contributed by atoms with Crippen LogP contribution in [0.3, 0.4) is 0 Å². The summed E-state index contributed by atoms with van der Waals surface area (Å²) in [5.41, 5.74) is 2.57. The maximum absolute atomic E-state index is 12.6. The number of likely N-dealkylation sites (tertiary alicyclic amines) is 1. The molecule has 1 fully saturated rings. The summed E-state index contributed by atoms with van der Waals surface area (Å²) in [6, 6.07) is 7.79. The molecular weight excluding hydrogens is 394 g/mol. The number of aryl methyl sites for hydroxylation is 1. The minimum atomic E-state index is -0.392.